The molecule has 0 unspecified atom stereocenters. The van der Waals surface area contributed by atoms with E-state index in [1.54, 1.807) is 12.1 Å². The number of nitrogens with one attached hydrogen (secondary N) is 1. The molecule has 5 nitrogen and oxygen atoms in total. The van der Waals surface area contributed by atoms with E-state index in [0.29, 0.717) is 24.3 Å². The molecular formula is C33H32ClN3O2S. The molecule has 0 aliphatic heterocycles. The van der Waals surface area contributed by atoms with Gasteiger partial charge >= 0.3 is 0 Å². The zero-order chi connectivity index (χ0) is 27.8. The van der Waals surface area contributed by atoms with Crippen molar-refractivity contribution in [1.29, 1.82) is 0 Å². The summed E-state index contributed by atoms with van der Waals surface area (Å²) in [5.41, 5.74) is 4.60. The minimum Gasteiger partial charge on any atom is -0.319 e. The summed E-state index contributed by atoms with van der Waals surface area (Å²) in [5, 5.41) is 0.627. The SMILES string of the molecule is O=S(=O)(CCCCc1cn(C(c2ccccc2)(c2ccccc2)c2ccccc2)cn1)NCc1ccc(Cl)cc1. The predicted molar refractivity (Wildman–Crippen MR) is 162 cm³/mol. The van der Waals surface area contributed by atoms with Gasteiger partial charge in [-0.1, -0.05) is 115 Å². The van der Waals surface area contributed by atoms with Crippen LogP contribution in [0.5, 0.6) is 0 Å². The summed E-state index contributed by atoms with van der Waals surface area (Å²) in [5.74, 6) is 0.0727. The third kappa shape index (κ3) is 6.36. The largest absolute Gasteiger partial charge is 0.319 e. The summed E-state index contributed by atoms with van der Waals surface area (Å²) in [4.78, 5) is 4.76. The van der Waals surface area contributed by atoms with E-state index in [4.69, 9.17) is 16.6 Å². The zero-order valence-corrected chi connectivity index (χ0v) is 23.7. The van der Waals surface area contributed by atoms with E-state index in [0.717, 1.165) is 27.9 Å². The molecule has 0 fully saturated rings. The molecule has 1 N–H and O–H groups in total. The maximum Gasteiger partial charge on any atom is 0.211 e. The fourth-order valence-corrected chi connectivity index (χ4v) is 6.37. The molecule has 40 heavy (non-hydrogen) atoms. The molecule has 0 radical (unpaired) electrons. The molecule has 0 saturated heterocycles. The lowest BCUT2D eigenvalue weighted by atomic mass is 9.77. The van der Waals surface area contributed by atoms with Crippen LogP contribution in [0.15, 0.2) is 128 Å². The van der Waals surface area contributed by atoms with Crippen molar-refractivity contribution >= 4 is 21.6 Å². The van der Waals surface area contributed by atoms with Gasteiger partial charge in [-0.05, 0) is 53.6 Å². The Labute approximate surface area is 241 Å². The van der Waals surface area contributed by atoms with Gasteiger partial charge in [-0.25, -0.2) is 18.1 Å². The third-order valence-corrected chi connectivity index (χ3v) is 8.77. The molecule has 0 bridgehead atoms. The molecule has 0 saturated carbocycles. The third-order valence-electron chi connectivity index (χ3n) is 7.10. The van der Waals surface area contributed by atoms with Gasteiger partial charge in [0.25, 0.3) is 0 Å². The number of hydrogen-bond donors (Lipinski definition) is 1. The standard InChI is InChI=1S/C33H32ClN3O2S/c34-31-21-19-27(20-22-31)24-36-40(38,39)23-11-10-18-32-25-37(26-35-32)33(28-12-4-1-5-13-28,29-14-6-2-7-15-29)30-16-8-3-9-17-30/h1-9,12-17,19-22,25-26,36H,10-11,18,23-24H2. The highest BCUT2D eigenvalue weighted by Crippen LogP contribution is 2.40. The minimum atomic E-state index is -3.38. The Balaban J connectivity index is 1.33. The summed E-state index contributed by atoms with van der Waals surface area (Å²) in [7, 11) is -3.38. The molecule has 0 aliphatic carbocycles. The number of unbranched alkanes of at least 4 members (excludes halogenated alkanes) is 1. The number of hydrogen-bond acceptors (Lipinski definition) is 3. The Bertz CT molecular complexity index is 1510. The summed E-state index contributed by atoms with van der Waals surface area (Å²) in [6.07, 6.45) is 5.94. The maximum atomic E-state index is 12.5. The number of sulfonamides is 1. The fourth-order valence-electron chi connectivity index (χ4n) is 5.13. The van der Waals surface area contributed by atoms with Gasteiger partial charge in [-0.2, -0.15) is 0 Å². The molecule has 7 heteroatoms. The molecule has 0 aliphatic rings. The summed E-state index contributed by atoms with van der Waals surface area (Å²) >= 11 is 5.91. The maximum absolute atomic E-state index is 12.5. The fraction of sp³-hybridized carbons (Fsp3) is 0.182. The van der Waals surface area contributed by atoms with E-state index in [1.807, 2.05) is 36.7 Å². The number of benzene rings is 4. The van der Waals surface area contributed by atoms with Crippen LogP contribution in [0.1, 0.15) is 40.8 Å². The molecule has 5 aromatic rings. The number of aryl methyl sites for hydroxylation is 1. The summed E-state index contributed by atoms with van der Waals surface area (Å²) in [6.45, 7) is 0.254. The van der Waals surface area contributed by atoms with E-state index in [-0.39, 0.29) is 12.3 Å². The lowest BCUT2D eigenvalue weighted by molar-refractivity contribution is 0.514. The second kappa shape index (κ2) is 12.6. The average Bonchev–Trinajstić information content (AvgIpc) is 3.46. The predicted octanol–water partition coefficient (Wildman–Crippen LogP) is 6.82. The molecule has 1 aromatic heterocycles. The zero-order valence-electron chi connectivity index (χ0n) is 22.2. The van der Waals surface area contributed by atoms with Crippen molar-refractivity contribution in [2.45, 2.75) is 31.3 Å². The molecule has 1 heterocycles. The number of rotatable bonds is 12. The highest BCUT2D eigenvalue weighted by atomic mass is 35.5. The Hall–Kier alpha value is -3.71. The topological polar surface area (TPSA) is 64.0 Å². The van der Waals surface area contributed by atoms with Crippen LogP contribution in [0.3, 0.4) is 0 Å². The monoisotopic (exact) mass is 569 g/mol. The second-order valence-electron chi connectivity index (χ2n) is 9.80. The smallest absolute Gasteiger partial charge is 0.211 e. The van der Waals surface area contributed by atoms with Crippen molar-refractivity contribution in [3.05, 3.63) is 161 Å². The Morgan fingerprint density at radius 1 is 0.725 bits per heavy atom. The molecule has 0 atom stereocenters. The first kappa shape index (κ1) is 27.8. The molecule has 4 aromatic carbocycles. The number of aromatic nitrogens is 2. The number of imidazole rings is 1. The summed E-state index contributed by atoms with van der Waals surface area (Å²) < 4.78 is 29.9. The highest BCUT2D eigenvalue weighted by Gasteiger charge is 2.38. The van der Waals surface area contributed by atoms with E-state index in [9.17, 15) is 8.42 Å². The van der Waals surface area contributed by atoms with Crippen molar-refractivity contribution in [1.82, 2.24) is 14.3 Å². The highest BCUT2D eigenvalue weighted by molar-refractivity contribution is 7.89. The first-order valence-corrected chi connectivity index (χ1v) is 15.4. The number of halogens is 1. The van der Waals surface area contributed by atoms with E-state index in [2.05, 4.69) is 88.3 Å². The van der Waals surface area contributed by atoms with Gasteiger partial charge in [0.1, 0.15) is 5.54 Å². The van der Waals surface area contributed by atoms with Gasteiger partial charge in [0.2, 0.25) is 10.0 Å². The van der Waals surface area contributed by atoms with Crippen molar-refractivity contribution < 1.29 is 8.42 Å². The number of nitrogens with zero attached hydrogens (tertiary/aromatic N) is 2. The lowest BCUT2D eigenvalue weighted by Crippen LogP contribution is -2.36. The molecule has 5 rings (SSSR count). The first-order valence-electron chi connectivity index (χ1n) is 13.4. The molecule has 0 amide bonds. The van der Waals surface area contributed by atoms with E-state index < -0.39 is 15.6 Å². The van der Waals surface area contributed by atoms with Crippen LogP contribution in [0.2, 0.25) is 5.02 Å². The van der Waals surface area contributed by atoms with Gasteiger partial charge in [-0.15, -0.1) is 0 Å². The lowest BCUT2D eigenvalue weighted by Gasteiger charge is -2.37. The first-order chi connectivity index (χ1) is 19.5. The van der Waals surface area contributed by atoms with Gasteiger partial charge < -0.3 is 4.57 Å². The van der Waals surface area contributed by atoms with Crippen LogP contribution in [-0.2, 0) is 28.5 Å². The van der Waals surface area contributed by atoms with Crippen LogP contribution in [0, 0.1) is 0 Å². The van der Waals surface area contributed by atoms with Crippen molar-refractivity contribution in [3.8, 4) is 0 Å². The van der Waals surface area contributed by atoms with Gasteiger partial charge in [0.15, 0.2) is 0 Å². The second-order valence-corrected chi connectivity index (χ2v) is 12.2. The van der Waals surface area contributed by atoms with E-state index in [1.165, 1.54) is 0 Å². The summed E-state index contributed by atoms with van der Waals surface area (Å²) in [6, 6.07) is 38.6. The molecule has 0 spiro atoms. The van der Waals surface area contributed by atoms with Crippen LogP contribution in [0.4, 0.5) is 0 Å². The van der Waals surface area contributed by atoms with Crippen LogP contribution in [-0.4, -0.2) is 23.7 Å². The molecular weight excluding hydrogens is 538 g/mol. The average molecular weight is 570 g/mol. The Morgan fingerprint density at radius 2 is 1.25 bits per heavy atom. The van der Waals surface area contributed by atoms with Crippen molar-refractivity contribution in [2.75, 3.05) is 5.75 Å². The molecule has 204 valence electrons. The van der Waals surface area contributed by atoms with Gasteiger partial charge in [-0.3, -0.25) is 0 Å². The van der Waals surface area contributed by atoms with Crippen molar-refractivity contribution in [3.63, 3.8) is 0 Å². The Morgan fingerprint density at radius 3 is 1.77 bits per heavy atom. The van der Waals surface area contributed by atoms with E-state index >= 15 is 0 Å². The Kier molecular flexibility index (Phi) is 8.80. The van der Waals surface area contributed by atoms with Crippen molar-refractivity contribution in [2.24, 2.45) is 0 Å². The minimum absolute atomic E-state index is 0.0727. The van der Waals surface area contributed by atoms with Crippen LogP contribution >= 0.6 is 11.6 Å². The normalized spacial score (nSPS) is 11.9. The quantitative estimate of drug-likeness (QED) is 0.132. The van der Waals surface area contributed by atoms with Crippen LogP contribution < -0.4 is 4.72 Å². The van der Waals surface area contributed by atoms with Crippen LogP contribution in [0.25, 0.3) is 0 Å². The van der Waals surface area contributed by atoms with Gasteiger partial charge in [0, 0.05) is 17.8 Å². The van der Waals surface area contributed by atoms with Gasteiger partial charge in [0.05, 0.1) is 17.8 Å².